The zero-order valence-corrected chi connectivity index (χ0v) is 34.9. The summed E-state index contributed by atoms with van der Waals surface area (Å²) in [5, 5.41) is 33.6. The molecule has 0 aliphatic carbocycles. The van der Waals surface area contributed by atoms with Crippen molar-refractivity contribution in [1.82, 2.24) is 31.6 Å². The molecule has 0 aliphatic rings. The van der Waals surface area contributed by atoms with E-state index >= 15 is 0 Å². The third-order valence-electron chi connectivity index (χ3n) is 10.2. The summed E-state index contributed by atoms with van der Waals surface area (Å²) in [6.45, 7) is 11.1. The summed E-state index contributed by atoms with van der Waals surface area (Å²) in [7, 11) is 0. The first-order valence-electron chi connectivity index (χ1n) is 20.3. The Kier molecular flexibility index (Phi) is 18.5. The number of H-pyrrole nitrogens is 1. The lowest BCUT2D eigenvalue weighted by molar-refractivity contribution is -0.406. The van der Waals surface area contributed by atoms with Crippen molar-refractivity contribution < 1.29 is 49.5 Å². The number of carboxylic acid groups (broad SMARTS) is 2. The van der Waals surface area contributed by atoms with Crippen LogP contribution in [0.25, 0.3) is 10.9 Å². The highest BCUT2D eigenvalue weighted by molar-refractivity contribution is 5.97. The van der Waals surface area contributed by atoms with Crippen LogP contribution in [0.3, 0.4) is 0 Å². The number of aromatic nitrogens is 1. The highest BCUT2D eigenvalue weighted by Crippen LogP contribution is 2.20. The molecule has 0 aliphatic heterocycles. The van der Waals surface area contributed by atoms with Crippen LogP contribution in [0.15, 0.2) is 60.8 Å². The molecule has 3 aromatic rings. The van der Waals surface area contributed by atoms with E-state index < -0.39 is 90.1 Å². The van der Waals surface area contributed by atoms with Gasteiger partial charge in [0, 0.05) is 42.8 Å². The Balaban J connectivity index is 1.92. The number of rotatable bonds is 24. The third-order valence-corrected chi connectivity index (χ3v) is 10.2. The van der Waals surface area contributed by atoms with Crippen molar-refractivity contribution in [2.24, 2.45) is 17.8 Å². The number of nitrogens with one attached hydrogen (secondary N) is 6. The SMILES string of the molecule is CC[C@H](C)[C@H](NC(=O)[C@H](Cc1ccccc1)NC(=O)[C@@H]([NH3+])CC(C)C)C(=O)N[C@@H](CCC(=O)O)C(=O)N[C@@H](Cc1c[nH]c2ccccc12)C(=O)N[C@@H](CC(C)C)C(=O)O. The highest BCUT2D eigenvalue weighted by atomic mass is 16.4. The van der Waals surface area contributed by atoms with Gasteiger partial charge in [-0.25, -0.2) is 4.79 Å². The summed E-state index contributed by atoms with van der Waals surface area (Å²) < 4.78 is 0. The van der Waals surface area contributed by atoms with E-state index in [-0.39, 0.29) is 37.5 Å². The lowest BCUT2D eigenvalue weighted by Crippen LogP contribution is -2.69. The van der Waals surface area contributed by atoms with Crippen molar-refractivity contribution in [2.75, 3.05) is 0 Å². The van der Waals surface area contributed by atoms with Gasteiger partial charge in [0.05, 0.1) is 0 Å². The van der Waals surface area contributed by atoms with Gasteiger partial charge in [-0.3, -0.25) is 28.8 Å². The van der Waals surface area contributed by atoms with Crippen LogP contribution in [-0.2, 0) is 46.4 Å². The molecular weight excluding hydrogens is 759 g/mol. The van der Waals surface area contributed by atoms with E-state index in [0.29, 0.717) is 18.4 Å². The van der Waals surface area contributed by atoms with Crippen LogP contribution in [-0.4, -0.2) is 92.9 Å². The second kappa shape index (κ2) is 23.0. The number of amides is 5. The molecule has 0 radical (unpaired) electrons. The van der Waals surface area contributed by atoms with Crippen molar-refractivity contribution in [3.63, 3.8) is 0 Å². The fourth-order valence-electron chi connectivity index (χ4n) is 6.75. The van der Waals surface area contributed by atoms with Crippen LogP contribution >= 0.6 is 0 Å². The number of fused-ring (bicyclic) bond motifs is 1. The van der Waals surface area contributed by atoms with E-state index in [9.17, 15) is 43.8 Å². The molecule has 2 aromatic carbocycles. The number of quaternary nitrogens is 1. The lowest BCUT2D eigenvalue weighted by Gasteiger charge is -2.29. The third kappa shape index (κ3) is 15.2. The number of aromatic amines is 1. The van der Waals surface area contributed by atoms with E-state index in [1.807, 2.05) is 77.1 Å². The summed E-state index contributed by atoms with van der Waals surface area (Å²) in [6, 6.07) is 9.36. The monoisotopic (exact) mass is 820 g/mol. The molecule has 11 N–H and O–H groups in total. The van der Waals surface area contributed by atoms with Gasteiger partial charge < -0.3 is 47.5 Å². The molecule has 3 rings (SSSR count). The van der Waals surface area contributed by atoms with Crippen LogP contribution in [0.5, 0.6) is 0 Å². The molecule has 16 heteroatoms. The van der Waals surface area contributed by atoms with Crippen LogP contribution in [0.1, 0.15) is 84.8 Å². The van der Waals surface area contributed by atoms with Gasteiger partial charge in [-0.15, -0.1) is 0 Å². The van der Waals surface area contributed by atoms with Gasteiger partial charge in [-0.2, -0.15) is 0 Å². The summed E-state index contributed by atoms with van der Waals surface area (Å²) >= 11 is 0. The van der Waals surface area contributed by atoms with Crippen LogP contribution in [0.2, 0.25) is 0 Å². The van der Waals surface area contributed by atoms with Crippen LogP contribution in [0, 0.1) is 17.8 Å². The summed E-state index contributed by atoms with van der Waals surface area (Å²) in [5.74, 6) is -6.38. The first-order valence-corrected chi connectivity index (χ1v) is 20.3. The number of para-hydroxylation sites is 1. The van der Waals surface area contributed by atoms with E-state index in [4.69, 9.17) is 0 Å². The largest absolute Gasteiger partial charge is 0.481 e. The minimum absolute atomic E-state index is 0.0689. The minimum atomic E-state index is -1.48. The molecule has 5 amide bonds. The standard InChI is InChI=1S/C43H61N7O9/c1-7-26(6)37(50-41(56)33(21-27-13-9-8-10-14-27)47-38(53)30(44)19-24(2)3)42(57)46-32(17-18-36(51)52)39(54)48-34(40(55)49-35(43(58)59)20-25(4)5)22-28-23-45-31-16-12-11-15-29(28)31/h8-16,23-26,30,32-35,37,45H,7,17-22,44H2,1-6H3,(H,46,57)(H,47,53)(H,48,54)(H,49,55)(H,50,56)(H,51,52)(H,58,59)/p+1/t26-,30-,32-,33-,34-,35-,37-/m0/s1. The Morgan fingerprint density at radius 3 is 1.80 bits per heavy atom. The number of aliphatic carboxylic acids is 2. The van der Waals surface area contributed by atoms with E-state index in [2.05, 4.69) is 37.3 Å². The number of carbonyl (C=O) groups excluding carboxylic acids is 5. The number of carboxylic acids is 2. The topological polar surface area (TPSA) is 264 Å². The number of hydrogen-bond acceptors (Lipinski definition) is 7. The smallest absolute Gasteiger partial charge is 0.326 e. The Hall–Kier alpha value is -5.77. The van der Waals surface area contributed by atoms with Gasteiger partial charge in [0.15, 0.2) is 6.04 Å². The lowest BCUT2D eigenvalue weighted by atomic mass is 9.96. The molecule has 0 saturated heterocycles. The van der Waals surface area contributed by atoms with Crippen molar-refractivity contribution in [3.05, 3.63) is 71.9 Å². The first kappa shape index (κ1) is 47.6. The van der Waals surface area contributed by atoms with Gasteiger partial charge in [0.2, 0.25) is 23.6 Å². The zero-order valence-electron chi connectivity index (χ0n) is 34.9. The number of benzene rings is 2. The van der Waals surface area contributed by atoms with Crippen molar-refractivity contribution >= 4 is 52.4 Å². The molecule has 0 saturated carbocycles. The molecule has 0 fully saturated rings. The van der Waals surface area contributed by atoms with Crippen molar-refractivity contribution in [2.45, 2.75) is 123 Å². The van der Waals surface area contributed by atoms with E-state index in [1.54, 1.807) is 25.3 Å². The van der Waals surface area contributed by atoms with Gasteiger partial charge >= 0.3 is 11.9 Å². The number of carbonyl (C=O) groups is 7. The van der Waals surface area contributed by atoms with E-state index in [1.165, 1.54) is 0 Å². The molecule has 1 aromatic heterocycles. The Labute approximate surface area is 345 Å². The summed E-state index contributed by atoms with van der Waals surface area (Å²) in [6.07, 6.45) is 1.87. The maximum atomic E-state index is 14.1. The molecule has 322 valence electrons. The minimum Gasteiger partial charge on any atom is -0.481 e. The fourth-order valence-corrected chi connectivity index (χ4v) is 6.75. The van der Waals surface area contributed by atoms with Crippen LogP contribution < -0.4 is 32.3 Å². The van der Waals surface area contributed by atoms with Gasteiger partial charge in [-0.1, -0.05) is 96.5 Å². The summed E-state index contributed by atoms with van der Waals surface area (Å²) in [5.41, 5.74) is 6.15. The Morgan fingerprint density at radius 1 is 0.644 bits per heavy atom. The summed E-state index contributed by atoms with van der Waals surface area (Å²) in [4.78, 5) is 96.2. The predicted molar refractivity (Wildman–Crippen MR) is 221 cm³/mol. The van der Waals surface area contributed by atoms with Crippen molar-refractivity contribution in [3.8, 4) is 0 Å². The maximum absolute atomic E-state index is 14.1. The van der Waals surface area contributed by atoms with Gasteiger partial charge in [0.25, 0.3) is 5.91 Å². The first-order chi connectivity index (χ1) is 27.9. The average molecular weight is 821 g/mol. The quantitative estimate of drug-likeness (QED) is 0.0640. The molecule has 0 spiro atoms. The molecule has 16 nitrogen and oxygen atoms in total. The molecule has 0 unspecified atom stereocenters. The van der Waals surface area contributed by atoms with E-state index in [0.717, 1.165) is 16.5 Å². The van der Waals surface area contributed by atoms with Crippen LogP contribution in [0.4, 0.5) is 0 Å². The maximum Gasteiger partial charge on any atom is 0.326 e. The zero-order chi connectivity index (χ0) is 43.8. The number of hydrogen-bond donors (Lipinski definition) is 9. The molecule has 7 atom stereocenters. The highest BCUT2D eigenvalue weighted by Gasteiger charge is 2.35. The molecule has 0 bridgehead atoms. The molecule has 1 heterocycles. The molecule has 59 heavy (non-hydrogen) atoms. The predicted octanol–water partition coefficient (Wildman–Crippen LogP) is 2.08. The average Bonchev–Trinajstić information content (AvgIpc) is 3.59. The van der Waals surface area contributed by atoms with Gasteiger partial charge in [-0.05, 0) is 47.8 Å². The normalized spacial score (nSPS) is 14.9. The second-order valence-electron chi connectivity index (χ2n) is 16.1. The van der Waals surface area contributed by atoms with Gasteiger partial charge in [0.1, 0.15) is 30.2 Å². The Bertz CT molecular complexity index is 1900. The Morgan fingerprint density at radius 2 is 1.19 bits per heavy atom. The van der Waals surface area contributed by atoms with Crippen molar-refractivity contribution in [1.29, 1.82) is 0 Å². The molecular formula is C43H62N7O9+. The second-order valence-corrected chi connectivity index (χ2v) is 16.1. The fraction of sp³-hybridized carbons (Fsp3) is 0.512.